The Morgan fingerprint density at radius 3 is 2.31 bits per heavy atom. The molecule has 3 aliphatic rings. The van der Waals surface area contributed by atoms with Gasteiger partial charge in [0.1, 0.15) is 36.4 Å². The van der Waals surface area contributed by atoms with E-state index < -0.39 is 71.3 Å². The van der Waals surface area contributed by atoms with E-state index >= 15 is 0 Å². The summed E-state index contributed by atoms with van der Waals surface area (Å²) in [5.41, 5.74) is 11.5. The number of phosphoric acid groups is 2. The van der Waals surface area contributed by atoms with Crippen LogP contribution in [-0.4, -0.2) is 86.5 Å². The van der Waals surface area contributed by atoms with Crippen LogP contribution in [0.5, 0.6) is 0 Å². The highest BCUT2D eigenvalue weighted by atomic mass is 31.2. The Labute approximate surface area is 251 Å². The standard InChI is InChI=1S/C20H24N10O11P2.2H3N/c21-15-13-16(24-5-23-15)29(6-25-13)12-2-9-11(39-12)4-37-43(34,35)41-10-1-8(3-36-42(32,33)40-9)38-19(10)30-7-26-14-17(30)27-20(22)28-18(14)31;;/h5-12,19H,1-4H2,(H,32,33)(H,34,35)(H2,21,23,24)(H3,22,27,28,31);2*1H3/t8-,9-,10+,11+,12+,19+;;/m0../s1. The Morgan fingerprint density at radius 1 is 0.844 bits per heavy atom. The lowest BCUT2D eigenvalue weighted by molar-refractivity contribution is -0.0668. The molecule has 7 heterocycles. The molecule has 3 fully saturated rings. The summed E-state index contributed by atoms with van der Waals surface area (Å²) >= 11 is 0. The van der Waals surface area contributed by atoms with Crippen LogP contribution >= 0.6 is 15.6 Å². The topological polar surface area (TPSA) is 359 Å². The van der Waals surface area contributed by atoms with E-state index in [0.717, 1.165) is 0 Å². The molecule has 2 bridgehead atoms. The molecule has 8 atom stereocenters. The smallest absolute Gasteiger partial charge is 0.382 e. The fraction of sp³-hybridized carbons (Fsp3) is 0.500. The maximum Gasteiger partial charge on any atom is 0.472 e. The summed E-state index contributed by atoms with van der Waals surface area (Å²) in [6, 6.07) is 0. The first-order valence-corrected chi connectivity index (χ1v) is 15.7. The quantitative estimate of drug-likeness (QED) is 0.138. The third-order valence-electron chi connectivity index (χ3n) is 7.11. The van der Waals surface area contributed by atoms with Crippen LogP contribution in [0.15, 0.2) is 23.8 Å². The van der Waals surface area contributed by atoms with Crippen molar-refractivity contribution in [2.24, 2.45) is 0 Å². The second kappa shape index (κ2) is 12.1. The van der Waals surface area contributed by atoms with Gasteiger partial charge >= 0.3 is 15.6 Å². The largest absolute Gasteiger partial charge is 0.472 e. The van der Waals surface area contributed by atoms with Gasteiger partial charge in [0.15, 0.2) is 28.9 Å². The van der Waals surface area contributed by atoms with Crippen molar-refractivity contribution in [1.29, 1.82) is 0 Å². The van der Waals surface area contributed by atoms with E-state index in [2.05, 4.69) is 29.9 Å². The van der Waals surface area contributed by atoms with E-state index in [1.54, 1.807) is 0 Å². The minimum Gasteiger partial charge on any atom is -0.382 e. The van der Waals surface area contributed by atoms with E-state index in [1.165, 1.54) is 28.1 Å². The van der Waals surface area contributed by atoms with Crippen molar-refractivity contribution >= 4 is 49.7 Å². The van der Waals surface area contributed by atoms with Gasteiger partial charge in [0.2, 0.25) is 5.95 Å². The number of phosphoric ester groups is 2. The molecule has 0 aromatic carbocycles. The van der Waals surface area contributed by atoms with Gasteiger partial charge in [-0.2, -0.15) is 4.98 Å². The predicted octanol–water partition coefficient (Wildman–Crippen LogP) is 0.0409. The number of hydrogen-bond donors (Lipinski definition) is 7. The number of hydrogen-bond acceptors (Lipinski definition) is 18. The molecule has 13 N–H and O–H groups in total. The lowest BCUT2D eigenvalue weighted by Crippen LogP contribution is -2.29. The molecule has 25 heteroatoms. The molecule has 246 valence electrons. The molecule has 3 saturated heterocycles. The molecule has 0 saturated carbocycles. The second-order valence-corrected chi connectivity index (χ2v) is 12.7. The van der Waals surface area contributed by atoms with Crippen molar-refractivity contribution in [3.05, 3.63) is 29.3 Å². The molecule has 3 aliphatic heterocycles. The molecule has 4 aromatic heterocycles. The fourth-order valence-electron chi connectivity index (χ4n) is 5.25. The minimum absolute atomic E-state index is 0. The van der Waals surface area contributed by atoms with Crippen molar-refractivity contribution < 1.29 is 46.5 Å². The van der Waals surface area contributed by atoms with Gasteiger partial charge in [0.05, 0.1) is 32.0 Å². The average molecular weight is 676 g/mol. The summed E-state index contributed by atoms with van der Waals surface area (Å²) in [6.07, 6.45) is -2.62. The van der Waals surface area contributed by atoms with E-state index in [1.807, 2.05) is 0 Å². The molecule has 7 rings (SSSR count). The molecule has 0 amide bonds. The van der Waals surface area contributed by atoms with Gasteiger partial charge < -0.3 is 43.0 Å². The van der Waals surface area contributed by atoms with Gasteiger partial charge in [-0.05, 0) is 0 Å². The number of aromatic amines is 1. The van der Waals surface area contributed by atoms with Crippen molar-refractivity contribution in [2.75, 3.05) is 24.7 Å². The van der Waals surface area contributed by atoms with Crippen LogP contribution in [-0.2, 0) is 36.7 Å². The number of H-pyrrole nitrogens is 1. The highest BCUT2D eigenvalue weighted by molar-refractivity contribution is 7.47. The zero-order valence-electron chi connectivity index (χ0n) is 23.2. The number of nitrogens with two attached hydrogens (primary N) is 2. The highest BCUT2D eigenvalue weighted by Crippen LogP contribution is 2.53. The predicted molar refractivity (Wildman–Crippen MR) is 151 cm³/mol. The third kappa shape index (κ3) is 6.21. The minimum atomic E-state index is -4.82. The van der Waals surface area contributed by atoms with Gasteiger partial charge in [0, 0.05) is 12.8 Å². The lowest BCUT2D eigenvalue weighted by atomic mass is 10.2. The number of imidazole rings is 2. The molecular weight excluding hydrogens is 646 g/mol. The Bertz CT molecular complexity index is 1870. The number of nitrogen functional groups attached to an aromatic ring is 2. The molecule has 0 radical (unpaired) electrons. The van der Waals surface area contributed by atoms with Crippen molar-refractivity contribution in [2.45, 2.75) is 49.7 Å². The van der Waals surface area contributed by atoms with Gasteiger partial charge in [-0.3, -0.25) is 37.0 Å². The summed E-state index contributed by atoms with van der Waals surface area (Å²) < 4.78 is 62.3. The van der Waals surface area contributed by atoms with E-state index in [0.29, 0.717) is 11.2 Å². The van der Waals surface area contributed by atoms with Crippen LogP contribution in [0, 0.1) is 0 Å². The first-order chi connectivity index (χ1) is 20.5. The van der Waals surface area contributed by atoms with Crippen molar-refractivity contribution in [3.8, 4) is 0 Å². The van der Waals surface area contributed by atoms with Crippen LogP contribution in [0.4, 0.5) is 11.8 Å². The number of ether oxygens (including phenoxy) is 2. The number of fused-ring (bicyclic) bond motifs is 5. The van der Waals surface area contributed by atoms with E-state index in [-0.39, 0.29) is 48.1 Å². The van der Waals surface area contributed by atoms with E-state index in [4.69, 9.17) is 39.0 Å². The zero-order valence-corrected chi connectivity index (χ0v) is 25.0. The Kier molecular flexibility index (Phi) is 8.82. The maximum atomic E-state index is 13.1. The lowest BCUT2D eigenvalue weighted by Gasteiger charge is -2.25. The summed E-state index contributed by atoms with van der Waals surface area (Å²) in [5, 5.41) is 0. The molecule has 45 heavy (non-hydrogen) atoms. The van der Waals surface area contributed by atoms with Gasteiger partial charge in [-0.1, -0.05) is 0 Å². The number of aromatic nitrogens is 8. The van der Waals surface area contributed by atoms with Crippen molar-refractivity contribution in [1.82, 2.24) is 51.3 Å². The molecular formula is C20H30N12O11P2. The van der Waals surface area contributed by atoms with Crippen LogP contribution < -0.4 is 29.3 Å². The SMILES string of the molecule is N.N.Nc1nc2c(ncn2[C@@H]2O[C@@H]3COP(=O)(O)O[C@H]4C[C@H](n5cnc6c(N)ncnc65)O[C@@H]4COP(=O)(O)O[C@@H]2C3)c(=O)[nH]1. The second-order valence-electron chi connectivity index (χ2n) is 9.92. The van der Waals surface area contributed by atoms with Gasteiger partial charge in [-0.15, -0.1) is 0 Å². The summed E-state index contributed by atoms with van der Waals surface area (Å²) in [5.74, 6) is -0.0595. The number of nitrogens with one attached hydrogen (secondary N) is 1. The first-order valence-electron chi connectivity index (χ1n) is 12.7. The van der Waals surface area contributed by atoms with Crippen LogP contribution in [0.3, 0.4) is 0 Å². The Morgan fingerprint density at radius 2 is 1.53 bits per heavy atom. The zero-order chi connectivity index (χ0) is 30.1. The van der Waals surface area contributed by atoms with Crippen LogP contribution in [0.25, 0.3) is 22.3 Å². The van der Waals surface area contributed by atoms with E-state index in [9.17, 15) is 23.7 Å². The average Bonchev–Trinajstić information content (AvgIpc) is 3.71. The summed E-state index contributed by atoms with van der Waals surface area (Å²) in [4.78, 5) is 56.2. The van der Waals surface area contributed by atoms with Crippen molar-refractivity contribution in [3.63, 3.8) is 0 Å². The molecule has 0 aliphatic carbocycles. The number of anilines is 2. The summed E-state index contributed by atoms with van der Waals surface area (Å²) in [6.45, 7) is -1.05. The number of rotatable bonds is 2. The molecule has 23 nitrogen and oxygen atoms in total. The normalized spacial score (nSPS) is 33.8. The summed E-state index contributed by atoms with van der Waals surface area (Å²) in [7, 11) is -9.54. The van der Waals surface area contributed by atoms with Gasteiger partial charge in [0.25, 0.3) is 5.56 Å². The molecule has 0 spiro atoms. The Balaban J connectivity index is 0.00000200. The molecule has 2 unspecified atom stereocenters. The monoisotopic (exact) mass is 676 g/mol. The van der Waals surface area contributed by atoms with Crippen LogP contribution in [0.2, 0.25) is 0 Å². The highest BCUT2D eigenvalue weighted by Gasteiger charge is 2.47. The molecule has 4 aromatic rings. The first kappa shape index (κ1) is 32.9. The maximum absolute atomic E-state index is 13.1. The fourth-order valence-corrected chi connectivity index (χ4v) is 7.16. The Hall–Kier alpha value is -3.44. The van der Waals surface area contributed by atoms with Gasteiger partial charge in [-0.25, -0.2) is 29.1 Å². The van der Waals surface area contributed by atoms with Crippen LogP contribution in [0.1, 0.15) is 25.3 Å². The third-order valence-corrected chi connectivity index (χ3v) is 9.14. The number of nitrogens with zero attached hydrogens (tertiary/aromatic N) is 7.